The van der Waals surface area contributed by atoms with Gasteiger partial charge in [0.05, 0.1) is 6.54 Å². The zero-order valence-corrected chi connectivity index (χ0v) is 15.1. The van der Waals surface area contributed by atoms with Crippen molar-refractivity contribution in [2.24, 2.45) is 0 Å². The Labute approximate surface area is 157 Å². The highest BCUT2D eigenvalue weighted by Crippen LogP contribution is 2.21. The molecular formula is C20H22N2O5. The number of rotatable bonds is 9. The Hall–Kier alpha value is -3.35. The molecule has 0 bridgehead atoms. The first kappa shape index (κ1) is 20.0. The van der Waals surface area contributed by atoms with E-state index in [0.717, 1.165) is 11.1 Å². The van der Waals surface area contributed by atoms with Gasteiger partial charge in [-0.2, -0.15) is 0 Å². The fourth-order valence-electron chi connectivity index (χ4n) is 2.19. The van der Waals surface area contributed by atoms with Gasteiger partial charge >= 0.3 is 5.97 Å². The molecule has 2 amide bonds. The minimum atomic E-state index is -0.671. The van der Waals surface area contributed by atoms with E-state index < -0.39 is 18.5 Å². The number of likely N-dealkylation sites (N-methyl/N-ethyl adjacent to an activating group) is 1. The maximum atomic E-state index is 11.6. The lowest BCUT2D eigenvalue weighted by Crippen LogP contribution is -2.38. The molecule has 0 fully saturated rings. The molecule has 0 aliphatic heterocycles. The third-order valence-corrected chi connectivity index (χ3v) is 3.50. The van der Waals surface area contributed by atoms with Crippen molar-refractivity contribution >= 4 is 17.8 Å². The Morgan fingerprint density at radius 3 is 2.15 bits per heavy atom. The highest BCUT2D eigenvalue weighted by molar-refractivity contribution is 5.86. The average molecular weight is 370 g/mol. The number of hydrogen-bond donors (Lipinski definition) is 2. The first-order valence-electron chi connectivity index (χ1n) is 8.55. The van der Waals surface area contributed by atoms with Gasteiger partial charge in [0.25, 0.3) is 5.91 Å². The van der Waals surface area contributed by atoms with Gasteiger partial charge in [0.2, 0.25) is 5.91 Å². The van der Waals surface area contributed by atoms with Gasteiger partial charge in [-0.15, -0.1) is 0 Å². The third kappa shape index (κ3) is 7.19. The van der Waals surface area contributed by atoms with Crippen LogP contribution in [0.4, 0.5) is 0 Å². The molecule has 0 aliphatic carbocycles. The second kappa shape index (κ2) is 10.6. The van der Waals surface area contributed by atoms with E-state index in [1.54, 1.807) is 19.1 Å². The molecule has 0 atom stereocenters. The highest BCUT2D eigenvalue weighted by Gasteiger charge is 2.09. The summed E-state index contributed by atoms with van der Waals surface area (Å²) in [5, 5.41) is 4.89. The Kier molecular flexibility index (Phi) is 7.84. The van der Waals surface area contributed by atoms with Crippen LogP contribution in [0.15, 0.2) is 54.6 Å². The van der Waals surface area contributed by atoms with Crippen LogP contribution in [-0.4, -0.2) is 44.1 Å². The minimum Gasteiger partial charge on any atom is -0.482 e. The first-order valence-corrected chi connectivity index (χ1v) is 8.55. The summed E-state index contributed by atoms with van der Waals surface area (Å²) in [5.74, 6) is -1.01. The van der Waals surface area contributed by atoms with Crippen molar-refractivity contribution in [2.75, 3.05) is 26.3 Å². The second-order valence-electron chi connectivity index (χ2n) is 5.57. The molecule has 2 rings (SSSR count). The SMILES string of the molecule is CCNC(=O)CNC(=O)COC(=O)COc1ccc(-c2ccccc2)cc1. The van der Waals surface area contributed by atoms with E-state index in [4.69, 9.17) is 9.47 Å². The van der Waals surface area contributed by atoms with Crippen molar-refractivity contribution < 1.29 is 23.9 Å². The van der Waals surface area contributed by atoms with Crippen LogP contribution in [0, 0.1) is 0 Å². The summed E-state index contributed by atoms with van der Waals surface area (Å²) in [5.41, 5.74) is 2.12. The van der Waals surface area contributed by atoms with Crippen LogP contribution in [0.3, 0.4) is 0 Å². The van der Waals surface area contributed by atoms with Gasteiger partial charge in [-0.1, -0.05) is 42.5 Å². The van der Waals surface area contributed by atoms with Crippen molar-refractivity contribution in [3.8, 4) is 16.9 Å². The Balaban J connectivity index is 1.69. The fourth-order valence-corrected chi connectivity index (χ4v) is 2.19. The summed E-state index contributed by atoms with van der Waals surface area (Å²) >= 11 is 0. The van der Waals surface area contributed by atoms with Crippen molar-refractivity contribution in [3.63, 3.8) is 0 Å². The molecule has 0 aromatic heterocycles. The van der Waals surface area contributed by atoms with Crippen molar-refractivity contribution in [1.82, 2.24) is 10.6 Å². The number of benzene rings is 2. The van der Waals surface area contributed by atoms with Crippen LogP contribution < -0.4 is 15.4 Å². The predicted molar refractivity (Wildman–Crippen MR) is 100 cm³/mol. The topological polar surface area (TPSA) is 93.7 Å². The van der Waals surface area contributed by atoms with Crippen LogP contribution in [-0.2, 0) is 19.1 Å². The summed E-state index contributed by atoms with van der Waals surface area (Å²) in [4.78, 5) is 34.3. The third-order valence-electron chi connectivity index (χ3n) is 3.50. The Bertz CT molecular complexity index is 760. The van der Waals surface area contributed by atoms with Crippen LogP contribution in [0.5, 0.6) is 5.75 Å². The zero-order valence-electron chi connectivity index (χ0n) is 15.1. The van der Waals surface area contributed by atoms with Gasteiger partial charge in [-0.05, 0) is 30.2 Å². The normalized spacial score (nSPS) is 9.96. The molecule has 0 radical (unpaired) electrons. The smallest absolute Gasteiger partial charge is 0.344 e. The molecule has 0 saturated carbocycles. The summed E-state index contributed by atoms with van der Waals surface area (Å²) in [6.07, 6.45) is 0. The maximum Gasteiger partial charge on any atom is 0.344 e. The minimum absolute atomic E-state index is 0.158. The molecule has 0 unspecified atom stereocenters. The number of carbonyl (C=O) groups excluding carboxylic acids is 3. The van der Waals surface area contributed by atoms with Crippen molar-refractivity contribution in [2.45, 2.75) is 6.92 Å². The van der Waals surface area contributed by atoms with E-state index in [-0.39, 0.29) is 19.1 Å². The Morgan fingerprint density at radius 2 is 1.48 bits per heavy atom. The van der Waals surface area contributed by atoms with Gasteiger partial charge in [-0.3, -0.25) is 9.59 Å². The van der Waals surface area contributed by atoms with E-state index in [0.29, 0.717) is 12.3 Å². The number of hydrogen-bond acceptors (Lipinski definition) is 5. The number of amides is 2. The largest absolute Gasteiger partial charge is 0.482 e. The predicted octanol–water partition coefficient (Wildman–Crippen LogP) is 1.53. The second-order valence-corrected chi connectivity index (χ2v) is 5.57. The van der Waals surface area contributed by atoms with Gasteiger partial charge in [-0.25, -0.2) is 4.79 Å². The van der Waals surface area contributed by atoms with Gasteiger partial charge in [0.1, 0.15) is 5.75 Å². The standard InChI is InChI=1S/C20H22N2O5/c1-2-21-18(23)12-22-19(24)13-27-20(25)14-26-17-10-8-16(9-11-17)15-6-4-3-5-7-15/h3-11H,2,12-14H2,1H3,(H,21,23)(H,22,24). The van der Waals surface area contributed by atoms with Gasteiger partial charge in [0.15, 0.2) is 13.2 Å². The zero-order chi connectivity index (χ0) is 19.5. The highest BCUT2D eigenvalue weighted by atomic mass is 16.6. The van der Waals surface area contributed by atoms with E-state index in [2.05, 4.69) is 10.6 Å². The number of ether oxygens (including phenoxy) is 2. The van der Waals surface area contributed by atoms with E-state index in [1.807, 2.05) is 42.5 Å². The van der Waals surface area contributed by atoms with E-state index in [1.165, 1.54) is 0 Å². The number of nitrogens with one attached hydrogen (secondary N) is 2. The van der Waals surface area contributed by atoms with Crippen molar-refractivity contribution in [1.29, 1.82) is 0 Å². The monoisotopic (exact) mass is 370 g/mol. The molecule has 2 N–H and O–H groups in total. The number of carbonyl (C=O) groups is 3. The molecule has 0 saturated heterocycles. The van der Waals surface area contributed by atoms with Crippen LogP contribution in [0.2, 0.25) is 0 Å². The van der Waals surface area contributed by atoms with Crippen LogP contribution >= 0.6 is 0 Å². The molecule has 0 heterocycles. The lowest BCUT2D eigenvalue weighted by molar-refractivity contribution is -0.150. The summed E-state index contributed by atoms with van der Waals surface area (Å²) in [6.45, 7) is 1.32. The van der Waals surface area contributed by atoms with Crippen LogP contribution in [0.1, 0.15) is 6.92 Å². The van der Waals surface area contributed by atoms with Gasteiger partial charge < -0.3 is 20.1 Å². The maximum absolute atomic E-state index is 11.6. The molecule has 0 spiro atoms. The lowest BCUT2D eigenvalue weighted by Gasteiger charge is -2.08. The molecule has 27 heavy (non-hydrogen) atoms. The molecule has 142 valence electrons. The summed E-state index contributed by atoms with van der Waals surface area (Å²) in [6, 6.07) is 17.2. The fraction of sp³-hybridized carbons (Fsp3) is 0.250. The molecule has 7 nitrogen and oxygen atoms in total. The van der Waals surface area contributed by atoms with Crippen LogP contribution in [0.25, 0.3) is 11.1 Å². The van der Waals surface area contributed by atoms with E-state index >= 15 is 0 Å². The molecule has 7 heteroatoms. The van der Waals surface area contributed by atoms with Gasteiger partial charge in [0, 0.05) is 6.54 Å². The summed E-state index contributed by atoms with van der Waals surface area (Å²) in [7, 11) is 0. The Morgan fingerprint density at radius 1 is 0.815 bits per heavy atom. The molecule has 2 aromatic rings. The molecule has 0 aliphatic rings. The number of esters is 1. The summed E-state index contributed by atoms with van der Waals surface area (Å²) < 4.78 is 10.2. The molecular weight excluding hydrogens is 348 g/mol. The molecule has 2 aromatic carbocycles. The quantitative estimate of drug-likeness (QED) is 0.653. The first-order chi connectivity index (χ1) is 13.1. The lowest BCUT2D eigenvalue weighted by atomic mass is 10.1. The van der Waals surface area contributed by atoms with E-state index in [9.17, 15) is 14.4 Å². The van der Waals surface area contributed by atoms with Crippen molar-refractivity contribution in [3.05, 3.63) is 54.6 Å². The average Bonchev–Trinajstić information content (AvgIpc) is 2.70.